The lowest BCUT2D eigenvalue weighted by molar-refractivity contribution is -0.126. The van der Waals surface area contributed by atoms with E-state index in [0.29, 0.717) is 19.4 Å². The first-order valence-corrected chi connectivity index (χ1v) is 6.88. The summed E-state index contributed by atoms with van der Waals surface area (Å²) in [5, 5.41) is 5.96. The highest BCUT2D eigenvalue weighted by Crippen LogP contribution is 2.12. The quantitative estimate of drug-likeness (QED) is 0.812. The summed E-state index contributed by atoms with van der Waals surface area (Å²) in [6.45, 7) is 6.45. The average Bonchev–Trinajstić information content (AvgIpc) is 2.74. The van der Waals surface area contributed by atoms with Crippen LogP contribution < -0.4 is 11.1 Å². The lowest BCUT2D eigenvalue weighted by Crippen LogP contribution is -2.53. The van der Waals surface area contributed by atoms with E-state index >= 15 is 0 Å². The molecule has 0 spiro atoms. The summed E-state index contributed by atoms with van der Waals surface area (Å²) in [4.78, 5) is 16.2. The van der Waals surface area contributed by atoms with E-state index in [0.717, 1.165) is 17.1 Å². The molecular weight excluding hydrogens is 234 g/mol. The number of hydrogen-bond donors (Lipinski definition) is 2. The largest absolute Gasteiger partial charge is 0.354 e. The molecule has 1 heterocycles. The van der Waals surface area contributed by atoms with E-state index in [4.69, 9.17) is 5.73 Å². The molecule has 5 heteroatoms. The second kappa shape index (κ2) is 6.12. The zero-order valence-electron chi connectivity index (χ0n) is 10.7. The van der Waals surface area contributed by atoms with Gasteiger partial charge in [0, 0.05) is 24.0 Å². The summed E-state index contributed by atoms with van der Waals surface area (Å²) in [6.07, 6.45) is 2.09. The van der Waals surface area contributed by atoms with Crippen molar-refractivity contribution < 1.29 is 4.79 Å². The number of nitrogens with one attached hydrogen (secondary N) is 1. The van der Waals surface area contributed by atoms with Gasteiger partial charge < -0.3 is 11.1 Å². The van der Waals surface area contributed by atoms with Crippen molar-refractivity contribution in [1.82, 2.24) is 10.3 Å². The molecular formula is C12H21N3OS. The number of nitrogens with zero attached hydrogens (tertiary/aromatic N) is 1. The standard InChI is InChI=1S/C12H21N3OS/c1-4-12(13,5-2)11(16)14-7-6-10-15-9(3)8-17-10/h8H,4-7,13H2,1-3H3,(H,14,16). The summed E-state index contributed by atoms with van der Waals surface area (Å²) in [7, 11) is 0. The summed E-state index contributed by atoms with van der Waals surface area (Å²) >= 11 is 1.63. The smallest absolute Gasteiger partial charge is 0.240 e. The lowest BCUT2D eigenvalue weighted by atomic mass is 9.93. The molecule has 96 valence electrons. The van der Waals surface area contributed by atoms with Gasteiger partial charge in [-0.3, -0.25) is 4.79 Å². The number of aromatic nitrogens is 1. The topological polar surface area (TPSA) is 68.0 Å². The van der Waals surface area contributed by atoms with Crippen LogP contribution in [0.25, 0.3) is 0 Å². The predicted molar refractivity (Wildman–Crippen MR) is 71.1 cm³/mol. The third kappa shape index (κ3) is 3.78. The van der Waals surface area contributed by atoms with Crippen molar-refractivity contribution in [3.8, 4) is 0 Å². The maximum Gasteiger partial charge on any atom is 0.240 e. The summed E-state index contributed by atoms with van der Waals surface area (Å²) in [5.41, 5.74) is 6.31. The average molecular weight is 255 g/mol. The molecule has 0 aromatic carbocycles. The Morgan fingerprint density at radius 1 is 1.53 bits per heavy atom. The Bertz CT molecular complexity index is 372. The Balaban J connectivity index is 2.38. The SMILES string of the molecule is CCC(N)(CC)C(=O)NCCc1nc(C)cs1. The van der Waals surface area contributed by atoms with Gasteiger partial charge >= 0.3 is 0 Å². The molecule has 0 saturated heterocycles. The second-order valence-corrected chi connectivity index (χ2v) is 5.19. The number of amides is 1. The molecule has 0 fully saturated rings. The zero-order valence-corrected chi connectivity index (χ0v) is 11.6. The first-order valence-electron chi connectivity index (χ1n) is 6.00. The van der Waals surface area contributed by atoms with Gasteiger partial charge in [-0.2, -0.15) is 0 Å². The molecule has 0 saturated carbocycles. The van der Waals surface area contributed by atoms with E-state index in [1.165, 1.54) is 0 Å². The van der Waals surface area contributed by atoms with Gasteiger partial charge in [-0.05, 0) is 19.8 Å². The third-order valence-electron chi connectivity index (χ3n) is 3.01. The molecule has 1 rings (SSSR count). The fraction of sp³-hybridized carbons (Fsp3) is 0.667. The van der Waals surface area contributed by atoms with Crippen molar-refractivity contribution in [2.75, 3.05) is 6.54 Å². The Morgan fingerprint density at radius 2 is 2.18 bits per heavy atom. The minimum absolute atomic E-state index is 0.0595. The maximum atomic E-state index is 11.9. The molecule has 0 aliphatic carbocycles. The van der Waals surface area contributed by atoms with Crippen molar-refractivity contribution in [2.24, 2.45) is 5.73 Å². The maximum absolute atomic E-state index is 11.9. The van der Waals surface area contributed by atoms with E-state index in [9.17, 15) is 4.79 Å². The van der Waals surface area contributed by atoms with Crippen molar-refractivity contribution >= 4 is 17.2 Å². The Hall–Kier alpha value is -0.940. The van der Waals surface area contributed by atoms with Crippen LogP contribution in [0, 0.1) is 6.92 Å². The molecule has 0 atom stereocenters. The fourth-order valence-electron chi connectivity index (χ4n) is 1.55. The normalized spacial score (nSPS) is 11.5. The van der Waals surface area contributed by atoms with E-state index in [1.54, 1.807) is 11.3 Å². The van der Waals surface area contributed by atoms with Gasteiger partial charge in [-0.15, -0.1) is 11.3 Å². The van der Waals surface area contributed by atoms with Gasteiger partial charge in [0.1, 0.15) is 0 Å². The summed E-state index contributed by atoms with van der Waals surface area (Å²) < 4.78 is 0. The van der Waals surface area contributed by atoms with Gasteiger partial charge in [0.15, 0.2) is 0 Å². The molecule has 1 aromatic heterocycles. The van der Waals surface area contributed by atoms with Crippen LogP contribution in [0.1, 0.15) is 37.4 Å². The first kappa shape index (κ1) is 14.1. The number of rotatable bonds is 6. The number of carbonyl (C=O) groups is 1. The highest BCUT2D eigenvalue weighted by atomic mass is 32.1. The predicted octanol–water partition coefficient (Wildman–Crippen LogP) is 1.63. The highest BCUT2D eigenvalue weighted by Gasteiger charge is 2.29. The number of aryl methyl sites for hydroxylation is 1. The molecule has 0 aliphatic rings. The molecule has 0 radical (unpaired) electrons. The third-order valence-corrected chi connectivity index (χ3v) is 4.03. The van der Waals surface area contributed by atoms with Crippen LogP contribution in [0.2, 0.25) is 0 Å². The Morgan fingerprint density at radius 3 is 2.65 bits per heavy atom. The second-order valence-electron chi connectivity index (χ2n) is 4.25. The molecule has 1 amide bonds. The van der Waals surface area contributed by atoms with E-state index in [-0.39, 0.29) is 5.91 Å². The monoisotopic (exact) mass is 255 g/mol. The minimum atomic E-state index is -0.723. The van der Waals surface area contributed by atoms with Crippen molar-refractivity contribution in [3.63, 3.8) is 0 Å². The van der Waals surface area contributed by atoms with Crippen molar-refractivity contribution in [1.29, 1.82) is 0 Å². The first-order chi connectivity index (χ1) is 8.01. The number of carbonyl (C=O) groups excluding carboxylic acids is 1. The lowest BCUT2D eigenvalue weighted by Gasteiger charge is -2.25. The molecule has 4 nitrogen and oxygen atoms in total. The Labute approximate surface area is 107 Å². The van der Waals surface area contributed by atoms with Crippen LogP contribution in [-0.2, 0) is 11.2 Å². The van der Waals surface area contributed by atoms with E-state index in [1.807, 2.05) is 26.2 Å². The van der Waals surface area contributed by atoms with E-state index < -0.39 is 5.54 Å². The molecule has 3 N–H and O–H groups in total. The fourth-order valence-corrected chi connectivity index (χ4v) is 2.32. The van der Waals surface area contributed by atoms with Crippen LogP contribution in [0.3, 0.4) is 0 Å². The molecule has 0 aliphatic heterocycles. The number of thiazole rings is 1. The van der Waals surface area contributed by atoms with Gasteiger partial charge in [0.25, 0.3) is 0 Å². The molecule has 1 aromatic rings. The van der Waals surface area contributed by atoms with Crippen LogP contribution in [0.5, 0.6) is 0 Å². The van der Waals surface area contributed by atoms with Crippen molar-refractivity contribution in [2.45, 2.75) is 45.6 Å². The van der Waals surface area contributed by atoms with Crippen LogP contribution in [0.15, 0.2) is 5.38 Å². The van der Waals surface area contributed by atoms with Crippen LogP contribution >= 0.6 is 11.3 Å². The highest BCUT2D eigenvalue weighted by molar-refractivity contribution is 7.09. The van der Waals surface area contributed by atoms with E-state index in [2.05, 4.69) is 10.3 Å². The van der Waals surface area contributed by atoms with Crippen LogP contribution in [-0.4, -0.2) is 23.0 Å². The molecule has 0 bridgehead atoms. The molecule has 0 unspecified atom stereocenters. The zero-order chi connectivity index (χ0) is 12.9. The summed E-state index contributed by atoms with van der Waals surface area (Å²) in [6, 6.07) is 0. The number of hydrogen-bond acceptors (Lipinski definition) is 4. The molecule has 17 heavy (non-hydrogen) atoms. The Kier molecular flexibility index (Phi) is 5.08. The summed E-state index contributed by atoms with van der Waals surface area (Å²) in [5.74, 6) is -0.0595. The number of nitrogens with two attached hydrogens (primary N) is 1. The van der Waals surface area contributed by atoms with Gasteiger partial charge in [0.05, 0.1) is 10.5 Å². The van der Waals surface area contributed by atoms with Gasteiger partial charge in [-0.1, -0.05) is 13.8 Å². The van der Waals surface area contributed by atoms with Crippen molar-refractivity contribution in [3.05, 3.63) is 16.1 Å². The van der Waals surface area contributed by atoms with Gasteiger partial charge in [0.2, 0.25) is 5.91 Å². The minimum Gasteiger partial charge on any atom is -0.354 e. The van der Waals surface area contributed by atoms with Gasteiger partial charge in [-0.25, -0.2) is 4.98 Å². The van der Waals surface area contributed by atoms with Crippen LogP contribution in [0.4, 0.5) is 0 Å².